The summed E-state index contributed by atoms with van der Waals surface area (Å²) in [4.78, 5) is 23.1. The van der Waals surface area contributed by atoms with Crippen LogP contribution in [0, 0.1) is 13.8 Å². The molecule has 0 saturated carbocycles. The van der Waals surface area contributed by atoms with Crippen LogP contribution in [0.5, 0.6) is 0 Å². The first-order chi connectivity index (χ1) is 10.9. The first kappa shape index (κ1) is 16.7. The van der Waals surface area contributed by atoms with Gasteiger partial charge in [-0.3, -0.25) is 4.79 Å². The van der Waals surface area contributed by atoms with Crippen molar-refractivity contribution in [3.8, 4) is 5.69 Å². The number of amides is 1. The molecule has 7 nitrogen and oxygen atoms in total. The highest BCUT2D eigenvalue weighted by atomic mass is 16.5. The molecule has 1 heterocycles. The van der Waals surface area contributed by atoms with E-state index in [0.717, 1.165) is 17.1 Å². The number of benzene rings is 1. The maximum Gasteiger partial charge on any atom is 0.328 e. The summed E-state index contributed by atoms with van der Waals surface area (Å²) < 4.78 is 6.57. The first-order valence-corrected chi connectivity index (χ1v) is 7.08. The van der Waals surface area contributed by atoms with Gasteiger partial charge in [0.2, 0.25) is 0 Å². The molecule has 23 heavy (non-hydrogen) atoms. The second-order valence-corrected chi connectivity index (χ2v) is 5.21. The molecule has 1 atom stereocenters. The van der Waals surface area contributed by atoms with Crippen LogP contribution in [-0.2, 0) is 9.53 Å². The van der Waals surface area contributed by atoms with Gasteiger partial charge in [0, 0.05) is 18.4 Å². The van der Waals surface area contributed by atoms with Crippen LogP contribution < -0.4 is 5.32 Å². The van der Waals surface area contributed by atoms with E-state index < -0.39 is 17.9 Å². The van der Waals surface area contributed by atoms with Gasteiger partial charge in [-0.25, -0.2) is 9.48 Å². The number of carbonyl (C=O) groups excluding carboxylic acids is 1. The third kappa shape index (κ3) is 3.95. The number of ether oxygens (including phenoxy) is 1. The van der Waals surface area contributed by atoms with Gasteiger partial charge in [0.05, 0.1) is 18.0 Å². The highest BCUT2D eigenvalue weighted by Crippen LogP contribution is 2.13. The molecule has 1 aromatic carbocycles. The van der Waals surface area contributed by atoms with E-state index in [1.165, 1.54) is 7.11 Å². The Balaban J connectivity index is 2.14. The van der Waals surface area contributed by atoms with E-state index in [4.69, 9.17) is 9.84 Å². The van der Waals surface area contributed by atoms with Crippen molar-refractivity contribution in [2.75, 3.05) is 13.7 Å². The molecular weight excluding hydrogens is 298 g/mol. The van der Waals surface area contributed by atoms with Gasteiger partial charge in [-0.2, -0.15) is 5.10 Å². The monoisotopic (exact) mass is 317 g/mol. The summed E-state index contributed by atoms with van der Waals surface area (Å²) in [7, 11) is 1.38. The van der Waals surface area contributed by atoms with Crippen molar-refractivity contribution in [3.05, 3.63) is 47.3 Å². The number of carboxylic acid groups (broad SMARTS) is 1. The van der Waals surface area contributed by atoms with Crippen molar-refractivity contribution in [1.82, 2.24) is 15.1 Å². The Morgan fingerprint density at radius 2 is 1.96 bits per heavy atom. The van der Waals surface area contributed by atoms with Gasteiger partial charge in [-0.15, -0.1) is 0 Å². The standard InChI is InChI=1S/C16H19N3O4/c1-10-8-11(2)19(18-10)13-6-4-12(5-7-13)15(20)17-14(9-23-3)16(21)22/h4-8,14H,9H2,1-3H3,(H,17,20)(H,21,22). The van der Waals surface area contributed by atoms with Gasteiger partial charge in [0.15, 0.2) is 6.04 Å². The highest BCUT2D eigenvalue weighted by molar-refractivity contribution is 5.96. The van der Waals surface area contributed by atoms with Crippen molar-refractivity contribution >= 4 is 11.9 Å². The average Bonchev–Trinajstić information content (AvgIpc) is 2.85. The molecule has 122 valence electrons. The highest BCUT2D eigenvalue weighted by Gasteiger charge is 2.20. The lowest BCUT2D eigenvalue weighted by molar-refractivity contribution is -0.140. The molecule has 2 aromatic rings. The number of nitrogens with zero attached hydrogens (tertiary/aromatic N) is 2. The smallest absolute Gasteiger partial charge is 0.328 e. The fraction of sp³-hybridized carbons (Fsp3) is 0.312. The Hall–Kier alpha value is -2.67. The van der Waals surface area contributed by atoms with Crippen molar-refractivity contribution in [1.29, 1.82) is 0 Å². The summed E-state index contributed by atoms with van der Waals surface area (Å²) in [5, 5.41) is 15.8. The number of aromatic nitrogens is 2. The van der Waals surface area contributed by atoms with Crippen LogP contribution in [0.25, 0.3) is 5.69 Å². The maximum absolute atomic E-state index is 12.1. The number of aryl methyl sites for hydroxylation is 2. The minimum atomic E-state index is -1.14. The molecule has 0 aliphatic carbocycles. The van der Waals surface area contributed by atoms with Crippen LogP contribution in [0.1, 0.15) is 21.7 Å². The Bertz CT molecular complexity index is 707. The lowest BCUT2D eigenvalue weighted by Crippen LogP contribution is -2.43. The van der Waals surface area contributed by atoms with E-state index in [2.05, 4.69) is 10.4 Å². The van der Waals surface area contributed by atoms with E-state index in [0.29, 0.717) is 5.56 Å². The quantitative estimate of drug-likeness (QED) is 0.838. The topological polar surface area (TPSA) is 93.5 Å². The molecule has 1 unspecified atom stereocenters. The number of hydrogen-bond donors (Lipinski definition) is 2. The molecule has 2 rings (SSSR count). The molecule has 0 saturated heterocycles. The molecular formula is C16H19N3O4. The van der Waals surface area contributed by atoms with E-state index >= 15 is 0 Å². The van der Waals surface area contributed by atoms with Crippen LogP contribution in [0.15, 0.2) is 30.3 Å². The van der Waals surface area contributed by atoms with Gasteiger partial charge >= 0.3 is 5.97 Å². The number of carbonyl (C=O) groups is 2. The molecule has 7 heteroatoms. The summed E-state index contributed by atoms with van der Waals surface area (Å²) in [5.41, 5.74) is 3.11. The lowest BCUT2D eigenvalue weighted by atomic mass is 10.1. The number of rotatable bonds is 6. The number of carboxylic acids is 1. The van der Waals surface area contributed by atoms with Crippen molar-refractivity contribution in [2.45, 2.75) is 19.9 Å². The molecule has 1 aromatic heterocycles. The molecule has 0 aliphatic rings. The lowest BCUT2D eigenvalue weighted by Gasteiger charge is -2.13. The van der Waals surface area contributed by atoms with Crippen molar-refractivity contribution in [2.24, 2.45) is 0 Å². The first-order valence-electron chi connectivity index (χ1n) is 7.08. The molecule has 0 bridgehead atoms. The third-order valence-electron chi connectivity index (χ3n) is 3.32. The van der Waals surface area contributed by atoms with Crippen LogP contribution >= 0.6 is 0 Å². The van der Waals surface area contributed by atoms with Crippen molar-refractivity contribution < 1.29 is 19.4 Å². The van der Waals surface area contributed by atoms with Crippen LogP contribution in [0.3, 0.4) is 0 Å². The number of nitrogens with one attached hydrogen (secondary N) is 1. The van der Waals surface area contributed by atoms with Crippen molar-refractivity contribution in [3.63, 3.8) is 0 Å². The number of aliphatic carboxylic acids is 1. The Kier molecular flexibility index (Phi) is 5.13. The molecule has 0 fully saturated rings. The number of methoxy groups -OCH3 is 1. The zero-order chi connectivity index (χ0) is 17.0. The maximum atomic E-state index is 12.1. The summed E-state index contributed by atoms with van der Waals surface area (Å²) in [6.45, 7) is 3.76. The molecule has 2 N–H and O–H groups in total. The zero-order valence-corrected chi connectivity index (χ0v) is 13.2. The van der Waals surface area contributed by atoms with E-state index in [1.807, 2.05) is 19.9 Å². The Morgan fingerprint density at radius 1 is 1.30 bits per heavy atom. The molecule has 1 amide bonds. The molecule has 0 radical (unpaired) electrons. The van der Waals surface area contributed by atoms with Crippen LogP contribution in [-0.4, -0.2) is 46.5 Å². The molecule has 0 spiro atoms. The fourth-order valence-electron chi connectivity index (χ4n) is 2.23. The second-order valence-electron chi connectivity index (χ2n) is 5.21. The second kappa shape index (κ2) is 7.06. The summed E-state index contributed by atoms with van der Waals surface area (Å²) >= 11 is 0. The summed E-state index contributed by atoms with van der Waals surface area (Å²) in [5.74, 6) is -1.60. The average molecular weight is 317 g/mol. The third-order valence-corrected chi connectivity index (χ3v) is 3.32. The van der Waals surface area contributed by atoms with Gasteiger partial charge in [-0.05, 0) is 44.2 Å². The SMILES string of the molecule is COCC(NC(=O)c1ccc(-n2nc(C)cc2C)cc1)C(=O)O. The predicted octanol–water partition coefficient (Wildman–Crippen LogP) is 1.32. The Morgan fingerprint density at radius 3 is 2.43 bits per heavy atom. The predicted molar refractivity (Wildman–Crippen MR) is 83.8 cm³/mol. The van der Waals surface area contributed by atoms with E-state index in [9.17, 15) is 9.59 Å². The van der Waals surface area contributed by atoms with E-state index in [-0.39, 0.29) is 6.61 Å². The summed E-state index contributed by atoms with van der Waals surface area (Å²) in [6.07, 6.45) is 0. The zero-order valence-electron chi connectivity index (χ0n) is 13.2. The van der Waals surface area contributed by atoms with Crippen LogP contribution in [0.4, 0.5) is 0 Å². The largest absolute Gasteiger partial charge is 0.480 e. The Labute approximate surface area is 133 Å². The summed E-state index contributed by atoms with van der Waals surface area (Å²) in [6, 6.07) is 7.67. The van der Waals surface area contributed by atoms with Gasteiger partial charge in [0.1, 0.15) is 0 Å². The molecule has 0 aliphatic heterocycles. The van der Waals surface area contributed by atoms with Gasteiger partial charge in [-0.1, -0.05) is 0 Å². The van der Waals surface area contributed by atoms with Crippen LogP contribution in [0.2, 0.25) is 0 Å². The normalized spacial score (nSPS) is 12.0. The minimum Gasteiger partial charge on any atom is -0.480 e. The fourth-order valence-corrected chi connectivity index (χ4v) is 2.23. The van der Waals surface area contributed by atoms with Gasteiger partial charge in [0.25, 0.3) is 5.91 Å². The number of hydrogen-bond acceptors (Lipinski definition) is 4. The van der Waals surface area contributed by atoms with E-state index in [1.54, 1.807) is 28.9 Å². The minimum absolute atomic E-state index is 0.0923. The van der Waals surface area contributed by atoms with Gasteiger partial charge < -0.3 is 15.2 Å².